The smallest absolute Gasteiger partial charge is 0.308 e. The Bertz CT molecular complexity index is 504. The van der Waals surface area contributed by atoms with Crippen molar-refractivity contribution in [2.75, 3.05) is 32.8 Å². The second-order valence-corrected chi connectivity index (χ2v) is 7.57. The first-order valence-electron chi connectivity index (χ1n) is 9.81. The first kappa shape index (κ1) is 20.7. The normalized spacial score (nSPS) is 23.9. The van der Waals surface area contributed by atoms with Gasteiger partial charge in [-0.1, -0.05) is 13.8 Å². The summed E-state index contributed by atoms with van der Waals surface area (Å²) >= 11 is 0. The zero-order valence-electron chi connectivity index (χ0n) is 15.9. The van der Waals surface area contributed by atoms with Crippen LogP contribution in [0.2, 0.25) is 0 Å². The quantitative estimate of drug-likeness (QED) is 0.710. The topological polar surface area (TPSA) is 95.9 Å². The van der Waals surface area contributed by atoms with Crippen LogP contribution in [0.1, 0.15) is 46.0 Å². The van der Waals surface area contributed by atoms with E-state index < -0.39 is 11.9 Å². The van der Waals surface area contributed by atoms with Gasteiger partial charge in [-0.2, -0.15) is 0 Å². The molecule has 7 nitrogen and oxygen atoms in total. The Kier molecular flexibility index (Phi) is 7.87. The summed E-state index contributed by atoms with van der Waals surface area (Å²) in [5.41, 5.74) is 0. The maximum Gasteiger partial charge on any atom is 0.308 e. The molecule has 148 valence electrons. The van der Waals surface area contributed by atoms with Crippen molar-refractivity contribution in [3.63, 3.8) is 0 Å². The average molecular weight is 368 g/mol. The van der Waals surface area contributed by atoms with E-state index in [1.165, 1.54) is 0 Å². The van der Waals surface area contributed by atoms with Crippen LogP contribution >= 0.6 is 0 Å². The fraction of sp³-hybridized carbons (Fsp3) is 0.842. The van der Waals surface area contributed by atoms with E-state index in [0.29, 0.717) is 39.1 Å². The van der Waals surface area contributed by atoms with Gasteiger partial charge in [0.2, 0.25) is 11.8 Å². The van der Waals surface area contributed by atoms with Gasteiger partial charge in [0.05, 0.1) is 11.8 Å². The molecule has 2 aliphatic rings. The Morgan fingerprint density at radius 2 is 1.92 bits per heavy atom. The maximum absolute atomic E-state index is 12.5. The van der Waals surface area contributed by atoms with E-state index in [2.05, 4.69) is 5.32 Å². The summed E-state index contributed by atoms with van der Waals surface area (Å²) in [4.78, 5) is 38.3. The summed E-state index contributed by atoms with van der Waals surface area (Å²) in [6.07, 6.45) is 3.77. The number of ether oxygens (including phenoxy) is 1. The number of carbonyl (C=O) groups is 3. The zero-order valence-corrected chi connectivity index (χ0v) is 15.9. The lowest BCUT2D eigenvalue weighted by atomic mass is 9.85. The molecule has 2 amide bonds. The molecule has 0 aliphatic carbocycles. The van der Waals surface area contributed by atoms with Crippen LogP contribution in [-0.2, 0) is 19.1 Å². The molecule has 2 aliphatic heterocycles. The third kappa shape index (κ3) is 5.43. The lowest BCUT2D eigenvalue weighted by Crippen LogP contribution is -2.48. The molecule has 0 aromatic carbocycles. The largest absolute Gasteiger partial charge is 0.481 e. The summed E-state index contributed by atoms with van der Waals surface area (Å²) in [5, 5.41) is 12.3. The standard InChI is InChI=1S/C19H32N2O5/c1-3-13(2)18(23)21-8-4-5-15(12-21)17(22)20-11-16(19(24)25)14-6-9-26-10-7-14/h13-16H,3-12H2,1-2H3,(H,20,22)(H,24,25). The highest BCUT2D eigenvalue weighted by Gasteiger charge is 2.33. The van der Waals surface area contributed by atoms with Crippen molar-refractivity contribution in [1.29, 1.82) is 0 Å². The molecule has 0 aromatic heterocycles. The van der Waals surface area contributed by atoms with Gasteiger partial charge in [-0.3, -0.25) is 14.4 Å². The van der Waals surface area contributed by atoms with Crippen LogP contribution in [0.4, 0.5) is 0 Å². The Balaban J connectivity index is 1.87. The number of nitrogens with zero attached hydrogens (tertiary/aromatic N) is 1. The Hall–Kier alpha value is -1.63. The molecular weight excluding hydrogens is 336 g/mol. The molecule has 3 unspecified atom stereocenters. The van der Waals surface area contributed by atoms with Gasteiger partial charge in [0, 0.05) is 38.8 Å². The summed E-state index contributed by atoms with van der Waals surface area (Å²) in [6, 6.07) is 0. The number of carbonyl (C=O) groups excluding carboxylic acids is 2. The third-order valence-corrected chi connectivity index (χ3v) is 5.79. The molecule has 2 saturated heterocycles. The van der Waals surface area contributed by atoms with Crippen LogP contribution < -0.4 is 5.32 Å². The summed E-state index contributed by atoms with van der Waals surface area (Å²) in [5.74, 6) is -1.71. The summed E-state index contributed by atoms with van der Waals surface area (Å²) in [7, 11) is 0. The molecule has 0 aromatic rings. The molecule has 2 fully saturated rings. The molecule has 26 heavy (non-hydrogen) atoms. The lowest BCUT2D eigenvalue weighted by molar-refractivity contribution is -0.145. The third-order valence-electron chi connectivity index (χ3n) is 5.79. The average Bonchev–Trinajstić information content (AvgIpc) is 2.67. The van der Waals surface area contributed by atoms with E-state index >= 15 is 0 Å². The van der Waals surface area contributed by atoms with Crippen LogP contribution in [0, 0.1) is 23.7 Å². The lowest BCUT2D eigenvalue weighted by Gasteiger charge is -2.34. The van der Waals surface area contributed by atoms with Gasteiger partial charge in [-0.25, -0.2) is 0 Å². The fourth-order valence-corrected chi connectivity index (χ4v) is 3.81. The number of hydrogen-bond donors (Lipinski definition) is 2. The summed E-state index contributed by atoms with van der Waals surface area (Å²) < 4.78 is 5.30. The molecule has 0 radical (unpaired) electrons. The van der Waals surface area contributed by atoms with Gasteiger partial charge in [-0.15, -0.1) is 0 Å². The predicted octanol–water partition coefficient (Wildman–Crippen LogP) is 1.51. The van der Waals surface area contributed by atoms with Crippen LogP contribution in [0.5, 0.6) is 0 Å². The molecule has 3 atom stereocenters. The van der Waals surface area contributed by atoms with Crippen molar-refractivity contribution in [1.82, 2.24) is 10.2 Å². The highest BCUT2D eigenvalue weighted by atomic mass is 16.5. The molecule has 0 spiro atoms. The second kappa shape index (κ2) is 9.90. The van der Waals surface area contributed by atoms with E-state index in [9.17, 15) is 19.5 Å². The molecule has 2 heterocycles. The fourth-order valence-electron chi connectivity index (χ4n) is 3.81. The molecular formula is C19H32N2O5. The van der Waals surface area contributed by atoms with Crippen molar-refractivity contribution in [2.24, 2.45) is 23.7 Å². The molecule has 0 bridgehead atoms. The maximum atomic E-state index is 12.5. The highest BCUT2D eigenvalue weighted by Crippen LogP contribution is 2.24. The van der Waals surface area contributed by atoms with Crippen molar-refractivity contribution in [2.45, 2.75) is 46.0 Å². The SMILES string of the molecule is CCC(C)C(=O)N1CCCC(C(=O)NCC(C(=O)O)C2CCOCC2)C1. The Morgan fingerprint density at radius 3 is 2.54 bits per heavy atom. The van der Waals surface area contributed by atoms with E-state index in [-0.39, 0.29) is 36.1 Å². The van der Waals surface area contributed by atoms with Gasteiger partial charge >= 0.3 is 5.97 Å². The first-order valence-corrected chi connectivity index (χ1v) is 9.81. The Labute approximate surface area is 155 Å². The van der Waals surface area contributed by atoms with Crippen LogP contribution in [-0.4, -0.2) is 60.6 Å². The zero-order chi connectivity index (χ0) is 19.1. The van der Waals surface area contributed by atoms with E-state index in [4.69, 9.17) is 4.74 Å². The molecule has 2 N–H and O–H groups in total. The number of piperidine rings is 1. The van der Waals surface area contributed by atoms with Crippen molar-refractivity contribution < 1.29 is 24.2 Å². The van der Waals surface area contributed by atoms with Gasteiger partial charge < -0.3 is 20.1 Å². The first-order chi connectivity index (χ1) is 12.4. The van der Waals surface area contributed by atoms with Crippen LogP contribution in [0.25, 0.3) is 0 Å². The van der Waals surface area contributed by atoms with Gasteiger partial charge in [0.1, 0.15) is 0 Å². The minimum absolute atomic E-state index is 0.0262. The second-order valence-electron chi connectivity index (χ2n) is 7.57. The monoisotopic (exact) mass is 368 g/mol. The molecule has 0 saturated carbocycles. The minimum atomic E-state index is -0.866. The Morgan fingerprint density at radius 1 is 1.23 bits per heavy atom. The number of aliphatic carboxylic acids is 1. The number of carboxylic acid groups (broad SMARTS) is 1. The van der Waals surface area contributed by atoms with Crippen LogP contribution in [0.3, 0.4) is 0 Å². The van der Waals surface area contributed by atoms with Crippen molar-refractivity contribution >= 4 is 17.8 Å². The number of carboxylic acids is 1. The van der Waals surface area contributed by atoms with Crippen molar-refractivity contribution in [3.05, 3.63) is 0 Å². The van der Waals surface area contributed by atoms with E-state index in [0.717, 1.165) is 19.3 Å². The summed E-state index contributed by atoms with van der Waals surface area (Å²) in [6.45, 7) is 6.34. The van der Waals surface area contributed by atoms with E-state index in [1.807, 2.05) is 13.8 Å². The van der Waals surface area contributed by atoms with Crippen LogP contribution in [0.15, 0.2) is 0 Å². The molecule has 7 heteroatoms. The van der Waals surface area contributed by atoms with Gasteiger partial charge in [0.25, 0.3) is 0 Å². The predicted molar refractivity (Wildman–Crippen MR) is 96.4 cm³/mol. The molecule has 2 rings (SSSR count). The number of rotatable bonds is 7. The van der Waals surface area contributed by atoms with Gasteiger partial charge in [-0.05, 0) is 38.0 Å². The van der Waals surface area contributed by atoms with Crippen molar-refractivity contribution in [3.8, 4) is 0 Å². The number of hydrogen-bond acceptors (Lipinski definition) is 4. The highest BCUT2D eigenvalue weighted by molar-refractivity contribution is 5.82. The number of likely N-dealkylation sites (tertiary alicyclic amines) is 1. The van der Waals surface area contributed by atoms with Gasteiger partial charge in [0.15, 0.2) is 0 Å². The minimum Gasteiger partial charge on any atom is -0.481 e. The van der Waals surface area contributed by atoms with E-state index in [1.54, 1.807) is 4.90 Å². The number of amides is 2. The number of nitrogens with one attached hydrogen (secondary N) is 1.